The molecule has 0 rings (SSSR count). The second-order valence-corrected chi connectivity index (χ2v) is 9.59. The number of phosphoric acid groups is 1. The topological polar surface area (TPSA) is 96.2 Å². The summed E-state index contributed by atoms with van der Waals surface area (Å²) in [6.07, 6.45) is 10.4. The summed E-state index contributed by atoms with van der Waals surface area (Å²) < 4.78 is 22.5. The van der Waals surface area contributed by atoms with Crippen LogP contribution in [-0.4, -0.2) is 40.5 Å². The summed E-state index contributed by atoms with van der Waals surface area (Å²) in [7, 11) is -4.37. The Morgan fingerprint density at radius 3 is 1.97 bits per heavy atom. The summed E-state index contributed by atoms with van der Waals surface area (Å²) in [5, 5.41) is 18.2. The Morgan fingerprint density at radius 2 is 1.47 bits per heavy atom. The molecule has 30 heavy (non-hydrogen) atoms. The summed E-state index contributed by atoms with van der Waals surface area (Å²) in [4.78, 5) is 10.0. The molecule has 6 nitrogen and oxygen atoms in total. The number of rotatable bonds is 15. The molecule has 0 aromatic rings. The molecule has 0 saturated heterocycles. The predicted molar refractivity (Wildman–Crippen MR) is 123 cm³/mol. The second kappa shape index (κ2) is 15.7. The van der Waals surface area contributed by atoms with Crippen molar-refractivity contribution in [2.45, 2.75) is 85.9 Å². The molecule has 0 aliphatic carbocycles. The number of aliphatic hydroxyl groups is 2. The van der Waals surface area contributed by atoms with Crippen molar-refractivity contribution >= 4 is 7.82 Å². The first-order valence-corrected chi connectivity index (χ1v) is 12.0. The quantitative estimate of drug-likeness (QED) is 0.224. The van der Waals surface area contributed by atoms with Crippen LogP contribution < -0.4 is 0 Å². The van der Waals surface area contributed by atoms with E-state index in [1.165, 1.54) is 16.7 Å². The molecular weight excluding hydrogens is 403 g/mol. The number of hydrogen-bond acceptors (Lipinski definition) is 5. The molecule has 3 atom stereocenters. The summed E-state index contributed by atoms with van der Waals surface area (Å²) in [6.45, 7) is 11.2. The van der Waals surface area contributed by atoms with Crippen LogP contribution in [0.4, 0.5) is 0 Å². The SMILES string of the molecule is CC(C)=CCC/C(C)=C/CC(/C=C(\C)CCC=C(C)C)OP(=O)(O)OCC(O)CO. The Balaban J connectivity index is 5.17. The first kappa shape index (κ1) is 29.0. The molecule has 0 saturated carbocycles. The van der Waals surface area contributed by atoms with E-state index < -0.39 is 33.2 Å². The van der Waals surface area contributed by atoms with Crippen LogP contribution in [-0.2, 0) is 13.6 Å². The minimum atomic E-state index is -4.37. The maximum atomic E-state index is 12.3. The smallest absolute Gasteiger partial charge is 0.394 e. The molecule has 0 aliphatic rings. The Labute approximate surface area is 182 Å². The molecule has 0 aliphatic heterocycles. The maximum Gasteiger partial charge on any atom is 0.472 e. The van der Waals surface area contributed by atoms with Crippen molar-refractivity contribution < 1.29 is 28.7 Å². The van der Waals surface area contributed by atoms with Crippen molar-refractivity contribution in [1.82, 2.24) is 0 Å². The van der Waals surface area contributed by atoms with E-state index in [0.29, 0.717) is 6.42 Å². The van der Waals surface area contributed by atoms with Gasteiger partial charge in [0.05, 0.1) is 19.3 Å². The fourth-order valence-electron chi connectivity index (χ4n) is 2.57. The molecule has 0 aromatic heterocycles. The van der Waals surface area contributed by atoms with Crippen molar-refractivity contribution in [3.05, 3.63) is 46.6 Å². The second-order valence-electron chi connectivity index (χ2n) is 8.18. The minimum absolute atomic E-state index is 0.442. The van der Waals surface area contributed by atoms with Gasteiger partial charge < -0.3 is 15.1 Å². The Bertz CT molecular complexity index is 655. The predicted octanol–water partition coefficient (Wildman–Crippen LogP) is 5.62. The lowest BCUT2D eigenvalue weighted by Gasteiger charge is -2.19. The van der Waals surface area contributed by atoms with Gasteiger partial charge in [0.25, 0.3) is 0 Å². The maximum absolute atomic E-state index is 12.3. The van der Waals surface area contributed by atoms with Gasteiger partial charge in [0, 0.05) is 0 Å². The number of aliphatic hydroxyl groups excluding tert-OH is 2. The van der Waals surface area contributed by atoms with E-state index in [2.05, 4.69) is 26.0 Å². The molecule has 0 fully saturated rings. The molecule has 174 valence electrons. The van der Waals surface area contributed by atoms with E-state index >= 15 is 0 Å². The number of allylic oxidation sites excluding steroid dienone is 6. The fraction of sp³-hybridized carbons (Fsp3) is 0.652. The summed E-state index contributed by atoms with van der Waals surface area (Å²) in [5.74, 6) is 0. The third-order valence-electron chi connectivity index (χ3n) is 4.26. The third-order valence-corrected chi connectivity index (χ3v) is 5.27. The lowest BCUT2D eigenvalue weighted by Crippen LogP contribution is -2.20. The summed E-state index contributed by atoms with van der Waals surface area (Å²) in [5.41, 5.74) is 4.77. The van der Waals surface area contributed by atoms with Crippen molar-refractivity contribution in [2.75, 3.05) is 13.2 Å². The van der Waals surface area contributed by atoms with Crippen LogP contribution in [0.3, 0.4) is 0 Å². The Hall–Kier alpha value is -1.01. The first-order valence-electron chi connectivity index (χ1n) is 10.5. The van der Waals surface area contributed by atoms with E-state index in [0.717, 1.165) is 31.3 Å². The molecule has 0 heterocycles. The highest BCUT2D eigenvalue weighted by molar-refractivity contribution is 7.47. The molecule has 0 radical (unpaired) electrons. The van der Waals surface area contributed by atoms with Gasteiger partial charge in [-0.05, 0) is 73.6 Å². The van der Waals surface area contributed by atoms with Crippen molar-refractivity contribution in [3.63, 3.8) is 0 Å². The molecule has 0 amide bonds. The van der Waals surface area contributed by atoms with Gasteiger partial charge in [-0.3, -0.25) is 9.05 Å². The molecule has 0 bridgehead atoms. The van der Waals surface area contributed by atoms with Crippen molar-refractivity contribution in [1.29, 1.82) is 0 Å². The standard InChI is InChI=1S/C23H41O6P/c1-18(2)9-7-11-20(5)13-14-23(15-21(6)12-8-10-19(3)4)29-30(26,27)28-17-22(25)16-24/h9-10,13,15,22-25H,7-8,11-12,14,16-17H2,1-6H3,(H,26,27)/b20-13+,21-15+. The normalized spacial score (nSPS) is 16.6. The third kappa shape index (κ3) is 16.8. The van der Waals surface area contributed by atoms with Crippen LogP contribution in [0.1, 0.15) is 73.6 Å². The molecule has 3 unspecified atom stereocenters. The molecule has 0 spiro atoms. The van der Waals surface area contributed by atoms with Crippen molar-refractivity contribution in [3.8, 4) is 0 Å². The monoisotopic (exact) mass is 444 g/mol. The van der Waals surface area contributed by atoms with Crippen LogP contribution in [0.2, 0.25) is 0 Å². The van der Waals surface area contributed by atoms with Gasteiger partial charge in [-0.2, -0.15) is 0 Å². The van der Waals surface area contributed by atoms with E-state index in [-0.39, 0.29) is 0 Å². The first-order chi connectivity index (χ1) is 13.9. The van der Waals surface area contributed by atoms with Crippen LogP contribution >= 0.6 is 7.82 Å². The molecular formula is C23H41O6P. The Morgan fingerprint density at radius 1 is 0.933 bits per heavy atom. The number of hydrogen-bond donors (Lipinski definition) is 3. The Kier molecular flexibility index (Phi) is 15.2. The zero-order valence-electron chi connectivity index (χ0n) is 19.4. The average Bonchev–Trinajstić information content (AvgIpc) is 2.63. The van der Waals surface area contributed by atoms with Gasteiger partial charge in [0.1, 0.15) is 6.10 Å². The number of phosphoric ester groups is 1. The molecule has 3 N–H and O–H groups in total. The zero-order chi connectivity index (χ0) is 23.2. The zero-order valence-corrected chi connectivity index (χ0v) is 20.3. The van der Waals surface area contributed by atoms with Gasteiger partial charge in [-0.15, -0.1) is 0 Å². The average molecular weight is 445 g/mol. The van der Waals surface area contributed by atoms with E-state index in [9.17, 15) is 14.6 Å². The van der Waals surface area contributed by atoms with Gasteiger partial charge in [0.2, 0.25) is 0 Å². The van der Waals surface area contributed by atoms with Crippen LogP contribution in [0, 0.1) is 0 Å². The van der Waals surface area contributed by atoms with Crippen LogP contribution in [0.15, 0.2) is 46.6 Å². The van der Waals surface area contributed by atoms with E-state index in [1.54, 1.807) is 0 Å². The van der Waals surface area contributed by atoms with Crippen LogP contribution in [0.5, 0.6) is 0 Å². The van der Waals surface area contributed by atoms with Gasteiger partial charge in [-0.25, -0.2) is 4.57 Å². The van der Waals surface area contributed by atoms with Crippen LogP contribution in [0.25, 0.3) is 0 Å². The van der Waals surface area contributed by atoms with Gasteiger partial charge in [-0.1, -0.05) is 46.6 Å². The van der Waals surface area contributed by atoms with E-state index in [1.807, 2.05) is 39.8 Å². The van der Waals surface area contributed by atoms with E-state index in [4.69, 9.17) is 14.2 Å². The summed E-state index contributed by atoms with van der Waals surface area (Å²) >= 11 is 0. The van der Waals surface area contributed by atoms with Gasteiger partial charge in [0.15, 0.2) is 0 Å². The lowest BCUT2D eigenvalue weighted by molar-refractivity contribution is 0.0326. The molecule has 0 aromatic carbocycles. The fourth-order valence-corrected chi connectivity index (χ4v) is 3.48. The highest BCUT2D eigenvalue weighted by Gasteiger charge is 2.26. The van der Waals surface area contributed by atoms with Gasteiger partial charge >= 0.3 is 7.82 Å². The highest BCUT2D eigenvalue weighted by Crippen LogP contribution is 2.45. The minimum Gasteiger partial charge on any atom is -0.394 e. The molecule has 7 heteroatoms. The summed E-state index contributed by atoms with van der Waals surface area (Å²) in [6, 6.07) is 0. The highest BCUT2D eigenvalue weighted by atomic mass is 31.2. The largest absolute Gasteiger partial charge is 0.472 e. The van der Waals surface area contributed by atoms with Crippen molar-refractivity contribution in [2.24, 2.45) is 0 Å². The lowest BCUT2D eigenvalue weighted by atomic mass is 10.0.